The Balaban J connectivity index is 1.58. The highest BCUT2D eigenvalue weighted by molar-refractivity contribution is 7.19. The fourth-order valence-electron chi connectivity index (χ4n) is 3.23. The summed E-state index contributed by atoms with van der Waals surface area (Å²) in [6.45, 7) is 1.30. The Bertz CT molecular complexity index is 1440. The topological polar surface area (TPSA) is 68.3 Å². The number of pyridine rings is 1. The van der Waals surface area contributed by atoms with Gasteiger partial charge >= 0.3 is 12.1 Å². The van der Waals surface area contributed by atoms with Crippen LogP contribution in [0.15, 0.2) is 60.7 Å². The average molecular weight is 539 g/mol. The standard InChI is InChI=1S/C24H15Cl2F3N2O3S/c1-12(22(32)31-18-10-13(24(27,28)29)6-7-16(18)25)34-23(33)15-11-19(20-8-9-21(26)35-20)30-17-5-3-2-4-14(15)17/h2-12H,1H3,(H,31,32)/t12-/m0/s1. The third-order valence-corrected chi connectivity index (χ3v) is 6.55. The predicted octanol–water partition coefficient (Wildman–Crippen LogP) is 7.47. The molecule has 0 aliphatic rings. The van der Waals surface area contributed by atoms with Gasteiger partial charge in [-0.2, -0.15) is 13.2 Å². The first-order valence-corrected chi connectivity index (χ1v) is 11.6. The number of hydrogen-bond acceptors (Lipinski definition) is 5. The number of rotatable bonds is 5. The van der Waals surface area contributed by atoms with E-state index in [0.29, 0.717) is 27.0 Å². The molecular formula is C24H15Cl2F3N2O3S. The number of fused-ring (bicyclic) bond motifs is 1. The van der Waals surface area contributed by atoms with E-state index in [9.17, 15) is 22.8 Å². The molecule has 0 bridgehead atoms. The summed E-state index contributed by atoms with van der Waals surface area (Å²) in [4.78, 5) is 30.9. The zero-order chi connectivity index (χ0) is 25.3. The van der Waals surface area contributed by atoms with Gasteiger partial charge in [0.15, 0.2) is 6.10 Å². The van der Waals surface area contributed by atoms with Crippen LogP contribution in [0.3, 0.4) is 0 Å². The minimum Gasteiger partial charge on any atom is -0.449 e. The van der Waals surface area contributed by atoms with E-state index < -0.39 is 29.7 Å². The number of anilines is 1. The fourth-order valence-corrected chi connectivity index (χ4v) is 4.40. The van der Waals surface area contributed by atoms with Crippen molar-refractivity contribution >= 4 is 63.0 Å². The van der Waals surface area contributed by atoms with Crippen molar-refractivity contribution in [1.29, 1.82) is 0 Å². The Morgan fingerprint density at radius 1 is 1.06 bits per heavy atom. The molecule has 180 valence electrons. The summed E-state index contributed by atoms with van der Waals surface area (Å²) < 4.78 is 44.9. The second-order valence-electron chi connectivity index (χ2n) is 7.41. The zero-order valence-corrected chi connectivity index (χ0v) is 20.1. The molecule has 4 rings (SSSR count). The Labute approximate surface area is 211 Å². The Hall–Kier alpha value is -3.14. The van der Waals surface area contributed by atoms with Crippen molar-refractivity contribution in [1.82, 2.24) is 4.98 Å². The van der Waals surface area contributed by atoms with E-state index in [2.05, 4.69) is 10.3 Å². The summed E-state index contributed by atoms with van der Waals surface area (Å²) in [5.41, 5.74) is -0.0199. The maximum Gasteiger partial charge on any atom is 0.416 e. The molecule has 2 heterocycles. The highest BCUT2D eigenvalue weighted by Crippen LogP contribution is 2.34. The number of nitrogens with zero attached hydrogens (tertiary/aromatic N) is 1. The number of carbonyl (C=O) groups is 2. The number of amides is 1. The lowest BCUT2D eigenvalue weighted by atomic mass is 10.1. The highest BCUT2D eigenvalue weighted by Gasteiger charge is 2.31. The van der Waals surface area contributed by atoms with Gasteiger partial charge in [-0.3, -0.25) is 4.79 Å². The molecule has 2 aromatic carbocycles. The molecule has 0 unspecified atom stereocenters. The van der Waals surface area contributed by atoms with E-state index in [-0.39, 0.29) is 16.3 Å². The van der Waals surface area contributed by atoms with Gasteiger partial charge in [-0.15, -0.1) is 11.3 Å². The van der Waals surface area contributed by atoms with Crippen LogP contribution in [0.5, 0.6) is 0 Å². The normalized spacial score (nSPS) is 12.4. The van der Waals surface area contributed by atoms with E-state index in [1.807, 2.05) is 0 Å². The number of carbonyl (C=O) groups excluding carboxylic acids is 2. The number of thiophene rings is 1. The first-order valence-electron chi connectivity index (χ1n) is 10.1. The van der Waals surface area contributed by atoms with Gasteiger partial charge in [0.25, 0.3) is 5.91 Å². The number of halogens is 5. The lowest BCUT2D eigenvalue weighted by Gasteiger charge is -2.16. The number of aromatic nitrogens is 1. The first kappa shape index (κ1) is 25.0. The lowest BCUT2D eigenvalue weighted by molar-refractivity contribution is -0.137. The summed E-state index contributed by atoms with van der Waals surface area (Å²) in [7, 11) is 0. The van der Waals surface area contributed by atoms with Crippen LogP contribution in [-0.4, -0.2) is 23.0 Å². The largest absolute Gasteiger partial charge is 0.449 e. The van der Waals surface area contributed by atoms with Gasteiger partial charge in [0.2, 0.25) is 0 Å². The molecule has 0 radical (unpaired) electrons. The van der Waals surface area contributed by atoms with Gasteiger partial charge in [-0.1, -0.05) is 41.4 Å². The van der Waals surface area contributed by atoms with Crippen molar-refractivity contribution in [2.24, 2.45) is 0 Å². The lowest BCUT2D eigenvalue weighted by Crippen LogP contribution is -2.30. The van der Waals surface area contributed by atoms with E-state index in [1.165, 1.54) is 18.3 Å². The van der Waals surface area contributed by atoms with Crippen LogP contribution >= 0.6 is 34.5 Å². The molecule has 2 aromatic heterocycles. The molecule has 0 saturated carbocycles. The van der Waals surface area contributed by atoms with Gasteiger partial charge < -0.3 is 10.1 Å². The number of nitrogens with one attached hydrogen (secondary N) is 1. The van der Waals surface area contributed by atoms with Crippen LogP contribution in [-0.2, 0) is 15.7 Å². The molecule has 4 aromatic rings. The molecule has 0 spiro atoms. The van der Waals surface area contributed by atoms with Crippen molar-refractivity contribution in [3.8, 4) is 10.6 Å². The highest BCUT2D eigenvalue weighted by atomic mass is 35.5. The minimum atomic E-state index is -4.62. The molecule has 11 heteroatoms. The van der Waals surface area contributed by atoms with Crippen molar-refractivity contribution in [2.75, 3.05) is 5.32 Å². The molecule has 0 fully saturated rings. The molecule has 35 heavy (non-hydrogen) atoms. The second kappa shape index (κ2) is 9.85. The number of hydrogen-bond donors (Lipinski definition) is 1. The van der Waals surface area contributed by atoms with Crippen LogP contribution in [0.25, 0.3) is 21.5 Å². The van der Waals surface area contributed by atoms with Gasteiger partial charge in [0.1, 0.15) is 0 Å². The molecular weight excluding hydrogens is 524 g/mol. The first-order chi connectivity index (χ1) is 16.5. The number of para-hydroxylation sites is 1. The second-order valence-corrected chi connectivity index (χ2v) is 9.53. The van der Waals surface area contributed by atoms with Crippen LogP contribution in [0.4, 0.5) is 18.9 Å². The van der Waals surface area contributed by atoms with Crippen LogP contribution in [0, 0.1) is 0 Å². The summed E-state index contributed by atoms with van der Waals surface area (Å²) in [6, 6.07) is 14.5. The van der Waals surface area contributed by atoms with E-state index in [4.69, 9.17) is 27.9 Å². The number of ether oxygens (including phenoxy) is 1. The third-order valence-electron chi connectivity index (χ3n) is 4.97. The number of benzene rings is 2. The van der Waals surface area contributed by atoms with E-state index >= 15 is 0 Å². The van der Waals surface area contributed by atoms with Gasteiger partial charge in [0, 0.05) is 5.39 Å². The average Bonchev–Trinajstić information content (AvgIpc) is 3.25. The van der Waals surface area contributed by atoms with Crippen LogP contribution in [0.2, 0.25) is 9.36 Å². The van der Waals surface area contributed by atoms with Crippen molar-refractivity contribution in [3.05, 3.63) is 81.1 Å². The number of alkyl halides is 3. The zero-order valence-electron chi connectivity index (χ0n) is 17.8. The Morgan fingerprint density at radius 2 is 1.80 bits per heavy atom. The molecule has 0 aliphatic heterocycles. The summed E-state index contributed by atoms with van der Waals surface area (Å²) in [6.07, 6.45) is -5.95. The fraction of sp³-hybridized carbons (Fsp3) is 0.125. The minimum absolute atomic E-state index is 0.0933. The quantitative estimate of drug-likeness (QED) is 0.267. The molecule has 1 atom stereocenters. The van der Waals surface area contributed by atoms with E-state index in [1.54, 1.807) is 42.5 Å². The molecule has 5 nitrogen and oxygen atoms in total. The molecule has 0 aliphatic carbocycles. The van der Waals surface area contributed by atoms with Crippen molar-refractivity contribution in [3.63, 3.8) is 0 Å². The summed E-state index contributed by atoms with van der Waals surface area (Å²) >= 11 is 13.3. The summed E-state index contributed by atoms with van der Waals surface area (Å²) in [5.74, 6) is -1.64. The monoisotopic (exact) mass is 538 g/mol. The van der Waals surface area contributed by atoms with Crippen molar-refractivity contribution in [2.45, 2.75) is 19.2 Å². The van der Waals surface area contributed by atoms with Gasteiger partial charge in [0.05, 0.1) is 42.3 Å². The Kier molecular flexibility index (Phi) is 7.02. The van der Waals surface area contributed by atoms with Gasteiger partial charge in [-0.25, -0.2) is 9.78 Å². The third kappa shape index (κ3) is 5.58. The van der Waals surface area contributed by atoms with Crippen LogP contribution < -0.4 is 5.32 Å². The maximum absolute atomic E-state index is 13.0. The molecule has 1 amide bonds. The molecule has 0 saturated heterocycles. The SMILES string of the molecule is C[C@H](OC(=O)c1cc(-c2ccc(Cl)s2)nc2ccccc12)C(=O)Nc1cc(C(F)(F)F)ccc1Cl. The predicted molar refractivity (Wildman–Crippen MR) is 130 cm³/mol. The molecule has 1 N–H and O–H groups in total. The van der Waals surface area contributed by atoms with Gasteiger partial charge in [-0.05, 0) is 49.4 Å². The van der Waals surface area contributed by atoms with Crippen LogP contribution in [0.1, 0.15) is 22.8 Å². The van der Waals surface area contributed by atoms with Crippen molar-refractivity contribution < 1.29 is 27.5 Å². The Morgan fingerprint density at radius 3 is 2.49 bits per heavy atom. The summed E-state index contributed by atoms with van der Waals surface area (Å²) in [5, 5.41) is 2.70. The van der Waals surface area contributed by atoms with E-state index in [0.717, 1.165) is 17.0 Å². The maximum atomic E-state index is 13.0. The smallest absolute Gasteiger partial charge is 0.416 e. The number of esters is 1.